The zero-order valence-corrected chi connectivity index (χ0v) is 9.64. The summed E-state index contributed by atoms with van der Waals surface area (Å²) in [7, 11) is 1.66. The van der Waals surface area contributed by atoms with Gasteiger partial charge in [0.2, 0.25) is 0 Å². The van der Waals surface area contributed by atoms with Crippen molar-refractivity contribution in [3.8, 4) is 5.75 Å². The molecular formula is C12H16N2O3. The van der Waals surface area contributed by atoms with Crippen LogP contribution < -0.4 is 11.1 Å². The highest BCUT2D eigenvalue weighted by atomic mass is 16.5. The predicted molar refractivity (Wildman–Crippen MR) is 63.8 cm³/mol. The molecular weight excluding hydrogens is 220 g/mol. The van der Waals surface area contributed by atoms with Gasteiger partial charge in [0.1, 0.15) is 5.75 Å². The van der Waals surface area contributed by atoms with E-state index in [1.807, 2.05) is 0 Å². The molecule has 5 heteroatoms. The molecule has 0 aromatic heterocycles. The lowest BCUT2D eigenvalue weighted by Crippen LogP contribution is -2.47. The van der Waals surface area contributed by atoms with Crippen LogP contribution in [0.3, 0.4) is 0 Å². The van der Waals surface area contributed by atoms with Crippen molar-refractivity contribution >= 4 is 11.6 Å². The van der Waals surface area contributed by atoms with Crippen LogP contribution in [0.1, 0.15) is 23.2 Å². The number of hydrogen-bond donors (Lipinski definition) is 3. The molecule has 1 aromatic rings. The number of phenols is 1. The molecule has 0 aliphatic heterocycles. The smallest absolute Gasteiger partial charge is 0.253 e. The topological polar surface area (TPSA) is 84.6 Å². The quantitative estimate of drug-likeness (QED) is 0.537. The van der Waals surface area contributed by atoms with Crippen molar-refractivity contribution in [3.63, 3.8) is 0 Å². The Kier molecular flexibility index (Phi) is 3.19. The van der Waals surface area contributed by atoms with E-state index in [-0.39, 0.29) is 23.8 Å². The van der Waals surface area contributed by atoms with E-state index in [4.69, 9.17) is 10.5 Å². The van der Waals surface area contributed by atoms with Crippen LogP contribution in [0, 0.1) is 0 Å². The molecule has 5 nitrogen and oxygen atoms in total. The standard InChI is InChI=1S/C12H16N2O3/c1-17-9-4-7(5-9)14-12(16)10-6-8(15)2-3-11(10)13/h2-3,6-7,9,15H,4-5,13H2,1H3,(H,14,16). The molecule has 4 N–H and O–H groups in total. The van der Waals surface area contributed by atoms with E-state index in [2.05, 4.69) is 5.32 Å². The maximum Gasteiger partial charge on any atom is 0.253 e. The normalized spacial score (nSPS) is 22.9. The summed E-state index contributed by atoms with van der Waals surface area (Å²) in [5.41, 5.74) is 6.36. The molecule has 0 heterocycles. The zero-order valence-electron chi connectivity index (χ0n) is 9.64. The van der Waals surface area contributed by atoms with E-state index in [1.165, 1.54) is 18.2 Å². The number of phenolic OH excluding ortho intramolecular Hbond substituents is 1. The molecule has 0 unspecified atom stereocenters. The van der Waals surface area contributed by atoms with Gasteiger partial charge >= 0.3 is 0 Å². The van der Waals surface area contributed by atoms with Gasteiger partial charge in [-0.05, 0) is 31.0 Å². The van der Waals surface area contributed by atoms with Crippen molar-refractivity contribution in [2.24, 2.45) is 0 Å². The maximum absolute atomic E-state index is 11.9. The first kappa shape index (κ1) is 11.7. The Labute approximate surface area is 99.6 Å². The van der Waals surface area contributed by atoms with Gasteiger partial charge in [-0.3, -0.25) is 4.79 Å². The number of nitrogens with two attached hydrogens (primary N) is 1. The number of methoxy groups -OCH3 is 1. The lowest BCUT2D eigenvalue weighted by atomic mass is 9.89. The van der Waals surface area contributed by atoms with Crippen molar-refractivity contribution in [1.82, 2.24) is 5.32 Å². The van der Waals surface area contributed by atoms with E-state index < -0.39 is 0 Å². The van der Waals surface area contributed by atoms with Gasteiger partial charge in [-0.25, -0.2) is 0 Å². The number of rotatable bonds is 3. The lowest BCUT2D eigenvalue weighted by molar-refractivity contribution is 0.0176. The predicted octanol–water partition coefficient (Wildman–Crippen LogP) is 0.882. The molecule has 0 saturated heterocycles. The number of benzene rings is 1. The molecule has 1 aliphatic carbocycles. The Hall–Kier alpha value is -1.75. The first-order valence-corrected chi connectivity index (χ1v) is 5.52. The van der Waals surface area contributed by atoms with Crippen LogP contribution in [-0.2, 0) is 4.74 Å². The maximum atomic E-state index is 11.9. The number of carbonyl (C=O) groups is 1. The van der Waals surface area contributed by atoms with Crippen LogP contribution in [0.25, 0.3) is 0 Å². The number of nitrogen functional groups attached to an aromatic ring is 1. The van der Waals surface area contributed by atoms with Crippen LogP contribution in [0.15, 0.2) is 18.2 Å². The first-order chi connectivity index (χ1) is 8.10. The number of nitrogens with one attached hydrogen (secondary N) is 1. The summed E-state index contributed by atoms with van der Waals surface area (Å²) in [5.74, 6) is -0.217. The monoisotopic (exact) mass is 236 g/mol. The second kappa shape index (κ2) is 4.63. The molecule has 2 rings (SSSR count). The van der Waals surface area contributed by atoms with Gasteiger partial charge in [0.05, 0.1) is 11.7 Å². The van der Waals surface area contributed by atoms with Gasteiger partial charge in [0.15, 0.2) is 0 Å². The van der Waals surface area contributed by atoms with Gasteiger partial charge in [0, 0.05) is 18.8 Å². The van der Waals surface area contributed by atoms with Crippen LogP contribution >= 0.6 is 0 Å². The highest BCUT2D eigenvalue weighted by Crippen LogP contribution is 2.24. The third kappa shape index (κ3) is 2.50. The number of anilines is 1. The molecule has 0 radical (unpaired) electrons. The summed E-state index contributed by atoms with van der Waals surface area (Å²) >= 11 is 0. The van der Waals surface area contributed by atoms with Gasteiger partial charge in [-0.2, -0.15) is 0 Å². The number of hydrogen-bond acceptors (Lipinski definition) is 4. The molecule has 0 bridgehead atoms. The largest absolute Gasteiger partial charge is 0.508 e. The van der Waals surface area contributed by atoms with Crippen molar-refractivity contribution in [1.29, 1.82) is 0 Å². The Morgan fingerprint density at radius 3 is 2.88 bits per heavy atom. The number of amides is 1. The van der Waals surface area contributed by atoms with Crippen LogP contribution in [0.5, 0.6) is 5.75 Å². The Bertz CT molecular complexity index is 428. The van der Waals surface area contributed by atoms with Crippen LogP contribution in [0.2, 0.25) is 0 Å². The molecule has 0 atom stereocenters. The minimum absolute atomic E-state index is 0.0349. The summed E-state index contributed by atoms with van der Waals surface area (Å²) < 4.78 is 5.13. The summed E-state index contributed by atoms with van der Waals surface area (Å²) in [5, 5.41) is 12.2. The second-order valence-corrected chi connectivity index (χ2v) is 4.27. The third-order valence-electron chi connectivity index (χ3n) is 3.04. The third-order valence-corrected chi connectivity index (χ3v) is 3.04. The lowest BCUT2D eigenvalue weighted by Gasteiger charge is -2.34. The average Bonchev–Trinajstić information content (AvgIpc) is 2.25. The number of aromatic hydroxyl groups is 1. The molecule has 1 amide bonds. The van der Waals surface area contributed by atoms with E-state index in [9.17, 15) is 9.90 Å². The van der Waals surface area contributed by atoms with E-state index in [1.54, 1.807) is 7.11 Å². The fraction of sp³-hybridized carbons (Fsp3) is 0.417. The molecule has 1 fully saturated rings. The number of carbonyl (C=O) groups excluding carboxylic acids is 1. The highest BCUT2D eigenvalue weighted by molar-refractivity contribution is 5.99. The van der Waals surface area contributed by atoms with E-state index >= 15 is 0 Å². The van der Waals surface area contributed by atoms with E-state index in [0.29, 0.717) is 11.3 Å². The van der Waals surface area contributed by atoms with Crippen molar-refractivity contribution < 1.29 is 14.6 Å². The van der Waals surface area contributed by atoms with Crippen LogP contribution in [-0.4, -0.2) is 30.3 Å². The molecule has 1 aliphatic rings. The molecule has 92 valence electrons. The number of ether oxygens (including phenoxy) is 1. The summed E-state index contributed by atoms with van der Waals surface area (Å²) in [6.07, 6.45) is 1.88. The van der Waals surface area contributed by atoms with Gasteiger partial charge in [-0.15, -0.1) is 0 Å². The minimum atomic E-state index is -0.252. The SMILES string of the molecule is COC1CC(NC(=O)c2cc(O)ccc2N)C1. The van der Waals surface area contributed by atoms with Crippen molar-refractivity contribution in [2.75, 3.05) is 12.8 Å². The van der Waals surface area contributed by atoms with Crippen molar-refractivity contribution in [3.05, 3.63) is 23.8 Å². The Morgan fingerprint density at radius 2 is 2.24 bits per heavy atom. The summed E-state index contributed by atoms with van der Waals surface area (Å²) in [6, 6.07) is 4.48. The van der Waals surface area contributed by atoms with Gasteiger partial charge in [0.25, 0.3) is 5.91 Å². The van der Waals surface area contributed by atoms with Crippen molar-refractivity contribution in [2.45, 2.75) is 25.0 Å². The summed E-state index contributed by atoms with van der Waals surface area (Å²) in [6.45, 7) is 0. The fourth-order valence-electron chi connectivity index (χ4n) is 1.88. The zero-order chi connectivity index (χ0) is 12.4. The van der Waals surface area contributed by atoms with E-state index in [0.717, 1.165) is 12.8 Å². The van der Waals surface area contributed by atoms with Gasteiger partial charge in [-0.1, -0.05) is 0 Å². The Morgan fingerprint density at radius 1 is 1.53 bits per heavy atom. The Balaban J connectivity index is 1.98. The first-order valence-electron chi connectivity index (χ1n) is 5.52. The molecule has 1 saturated carbocycles. The van der Waals surface area contributed by atoms with Gasteiger partial charge < -0.3 is 20.9 Å². The average molecular weight is 236 g/mol. The molecule has 1 aromatic carbocycles. The highest BCUT2D eigenvalue weighted by Gasteiger charge is 2.30. The molecule has 0 spiro atoms. The molecule has 17 heavy (non-hydrogen) atoms. The summed E-state index contributed by atoms with van der Waals surface area (Å²) in [4.78, 5) is 11.9. The second-order valence-electron chi connectivity index (χ2n) is 4.27. The van der Waals surface area contributed by atoms with Crippen LogP contribution in [0.4, 0.5) is 5.69 Å². The fourth-order valence-corrected chi connectivity index (χ4v) is 1.88. The minimum Gasteiger partial charge on any atom is -0.508 e.